The van der Waals surface area contributed by atoms with E-state index >= 15 is 0 Å². The van der Waals surface area contributed by atoms with Gasteiger partial charge in [0.15, 0.2) is 5.65 Å². The maximum absolute atomic E-state index is 12.5. The molecule has 0 aliphatic heterocycles. The highest BCUT2D eigenvalue weighted by Crippen LogP contribution is 2.38. The van der Waals surface area contributed by atoms with E-state index < -0.39 is 13.7 Å². The van der Waals surface area contributed by atoms with Crippen LogP contribution >= 0.6 is 11.6 Å². The molecule has 206 valence electrons. The maximum Gasteiger partial charge on any atom is 0.410 e. The topological polar surface area (TPSA) is 91.6 Å². The number of pyridine rings is 1. The van der Waals surface area contributed by atoms with Crippen molar-refractivity contribution >= 4 is 36.8 Å². The number of ether oxygens (including phenoxy) is 3. The number of amides is 1. The van der Waals surface area contributed by atoms with Gasteiger partial charge in [0.1, 0.15) is 18.4 Å². The highest BCUT2D eigenvalue weighted by atomic mass is 35.5. The molecule has 0 saturated heterocycles. The standard InChI is InChI=1S/C27H38ClN5O4Si/c1-27(2,3)37-26(34)32(4)19-13-20(14-19)36-24-22-21(18-9-8-10-29-15-18)16-33(23(22)30-25(28)31-24)17-35-11-12-38(5,6)7/h8-10,15-16,19-20H,11-14,17H2,1-7H3. The van der Waals surface area contributed by atoms with Crippen molar-refractivity contribution in [1.82, 2.24) is 24.4 Å². The van der Waals surface area contributed by atoms with E-state index in [0.717, 1.165) is 22.6 Å². The maximum atomic E-state index is 12.5. The number of hydrogen-bond acceptors (Lipinski definition) is 7. The van der Waals surface area contributed by atoms with Gasteiger partial charge in [-0.25, -0.2) is 4.79 Å². The lowest BCUT2D eigenvalue weighted by molar-refractivity contribution is -0.00930. The van der Waals surface area contributed by atoms with Crippen molar-refractivity contribution in [3.05, 3.63) is 36.0 Å². The van der Waals surface area contributed by atoms with Crippen LogP contribution in [-0.2, 0) is 16.2 Å². The summed E-state index contributed by atoms with van der Waals surface area (Å²) >= 11 is 6.37. The summed E-state index contributed by atoms with van der Waals surface area (Å²) in [6, 6.07) is 4.99. The summed E-state index contributed by atoms with van der Waals surface area (Å²) < 4.78 is 19.8. The molecule has 0 unspecified atom stereocenters. The third-order valence-corrected chi connectivity index (χ3v) is 8.31. The zero-order valence-corrected chi connectivity index (χ0v) is 25.1. The Morgan fingerprint density at radius 2 is 1.97 bits per heavy atom. The number of hydrogen-bond donors (Lipinski definition) is 0. The first-order chi connectivity index (χ1) is 17.8. The molecule has 3 aromatic heterocycles. The molecule has 3 heterocycles. The second kappa shape index (κ2) is 11.2. The molecule has 9 nitrogen and oxygen atoms in total. The zero-order valence-electron chi connectivity index (χ0n) is 23.3. The van der Waals surface area contributed by atoms with Crippen molar-refractivity contribution in [2.24, 2.45) is 0 Å². The molecule has 3 aromatic rings. The van der Waals surface area contributed by atoms with Crippen LogP contribution in [0.5, 0.6) is 5.88 Å². The number of fused-ring (bicyclic) bond motifs is 1. The minimum absolute atomic E-state index is 0.0322. The Bertz CT molecular complexity index is 1270. The lowest BCUT2D eigenvalue weighted by Gasteiger charge is -2.40. The first-order valence-electron chi connectivity index (χ1n) is 13.0. The molecule has 0 atom stereocenters. The van der Waals surface area contributed by atoms with Crippen molar-refractivity contribution in [2.75, 3.05) is 13.7 Å². The molecule has 4 rings (SSSR count). The molecular weight excluding hydrogens is 522 g/mol. The molecule has 1 aliphatic carbocycles. The summed E-state index contributed by atoms with van der Waals surface area (Å²) in [4.78, 5) is 27.4. The van der Waals surface area contributed by atoms with E-state index in [4.69, 9.17) is 25.8 Å². The van der Waals surface area contributed by atoms with Gasteiger partial charge in [0.2, 0.25) is 11.2 Å². The van der Waals surface area contributed by atoms with Crippen LogP contribution in [0.15, 0.2) is 30.7 Å². The van der Waals surface area contributed by atoms with E-state index in [1.54, 1.807) is 24.3 Å². The van der Waals surface area contributed by atoms with E-state index in [1.165, 1.54) is 0 Å². The third kappa shape index (κ3) is 7.03. The van der Waals surface area contributed by atoms with Gasteiger partial charge in [-0.05, 0) is 44.5 Å². The molecule has 11 heteroatoms. The quantitative estimate of drug-likeness (QED) is 0.174. The Kier molecular flexibility index (Phi) is 8.34. The van der Waals surface area contributed by atoms with Gasteiger partial charge in [-0.1, -0.05) is 25.7 Å². The summed E-state index contributed by atoms with van der Waals surface area (Å²) in [6.07, 6.45) is 6.43. The van der Waals surface area contributed by atoms with E-state index in [0.29, 0.717) is 37.7 Å². The van der Waals surface area contributed by atoms with E-state index in [9.17, 15) is 4.79 Å². The fourth-order valence-electron chi connectivity index (χ4n) is 4.19. The molecule has 0 radical (unpaired) electrons. The molecule has 1 amide bonds. The molecule has 0 spiro atoms. The van der Waals surface area contributed by atoms with Crippen LogP contribution in [0.3, 0.4) is 0 Å². The number of nitrogens with zero attached hydrogens (tertiary/aromatic N) is 5. The Hall–Kier alpha value is -2.69. The number of aromatic nitrogens is 4. The molecule has 38 heavy (non-hydrogen) atoms. The Balaban J connectivity index is 1.56. The molecule has 0 N–H and O–H groups in total. The highest BCUT2D eigenvalue weighted by molar-refractivity contribution is 6.76. The van der Waals surface area contributed by atoms with Crippen LogP contribution in [-0.4, -0.2) is 70.0 Å². The Labute approximate surface area is 230 Å². The lowest BCUT2D eigenvalue weighted by atomic mass is 9.88. The van der Waals surface area contributed by atoms with Crippen molar-refractivity contribution in [2.45, 2.75) is 83.8 Å². The molecule has 1 saturated carbocycles. The second-order valence-electron chi connectivity index (χ2n) is 12.1. The fraction of sp³-hybridized carbons (Fsp3) is 0.556. The number of halogens is 1. The SMILES string of the molecule is CN(C(=O)OC(C)(C)C)C1CC(Oc2nc(Cl)nc3c2c(-c2cccnc2)cn3COCC[Si](C)(C)C)C1. The van der Waals surface area contributed by atoms with E-state index in [-0.39, 0.29) is 23.5 Å². The average Bonchev–Trinajstić information content (AvgIpc) is 3.15. The molecular formula is C27H38ClN5O4Si. The van der Waals surface area contributed by atoms with Crippen LogP contribution < -0.4 is 4.74 Å². The van der Waals surface area contributed by atoms with Gasteiger partial charge in [0.25, 0.3) is 0 Å². The van der Waals surface area contributed by atoms with Crippen molar-refractivity contribution in [1.29, 1.82) is 0 Å². The van der Waals surface area contributed by atoms with E-state index in [1.807, 2.05) is 43.7 Å². The largest absolute Gasteiger partial charge is 0.474 e. The summed E-state index contributed by atoms with van der Waals surface area (Å²) in [5.74, 6) is 0.420. The number of carbonyl (C=O) groups excluding carboxylic acids is 1. The van der Waals surface area contributed by atoms with Gasteiger partial charge >= 0.3 is 6.09 Å². The molecule has 1 fully saturated rings. The molecule has 1 aliphatic rings. The van der Waals surface area contributed by atoms with E-state index in [2.05, 4.69) is 34.6 Å². The van der Waals surface area contributed by atoms with Crippen molar-refractivity contribution < 1.29 is 19.0 Å². The Morgan fingerprint density at radius 3 is 2.61 bits per heavy atom. The van der Waals surface area contributed by atoms with Gasteiger partial charge in [-0.15, -0.1) is 0 Å². The predicted octanol–water partition coefficient (Wildman–Crippen LogP) is 6.24. The van der Waals surface area contributed by atoms with Gasteiger partial charge in [0, 0.05) is 70.3 Å². The summed E-state index contributed by atoms with van der Waals surface area (Å²) in [6.45, 7) is 13.6. The minimum Gasteiger partial charge on any atom is -0.474 e. The van der Waals surface area contributed by atoms with Crippen LogP contribution in [0.25, 0.3) is 22.2 Å². The Morgan fingerprint density at radius 1 is 1.24 bits per heavy atom. The molecule has 0 bridgehead atoms. The van der Waals surface area contributed by atoms with Crippen LogP contribution in [0.1, 0.15) is 33.6 Å². The van der Waals surface area contributed by atoms with Gasteiger partial charge in [-0.3, -0.25) is 4.98 Å². The zero-order chi connectivity index (χ0) is 27.7. The summed E-state index contributed by atoms with van der Waals surface area (Å²) in [5, 5.41) is 0.869. The number of rotatable bonds is 9. The van der Waals surface area contributed by atoms with Crippen molar-refractivity contribution in [3.63, 3.8) is 0 Å². The smallest absolute Gasteiger partial charge is 0.410 e. The van der Waals surface area contributed by atoms with Crippen molar-refractivity contribution in [3.8, 4) is 17.0 Å². The van der Waals surface area contributed by atoms with Crippen LogP contribution in [0.4, 0.5) is 4.79 Å². The average molecular weight is 560 g/mol. The highest BCUT2D eigenvalue weighted by Gasteiger charge is 2.38. The van der Waals surface area contributed by atoms with Gasteiger partial charge in [0.05, 0.1) is 5.39 Å². The van der Waals surface area contributed by atoms with Gasteiger partial charge in [-0.2, -0.15) is 9.97 Å². The van der Waals surface area contributed by atoms with Crippen LogP contribution in [0.2, 0.25) is 31.0 Å². The first kappa shape index (κ1) is 28.3. The normalized spacial score (nSPS) is 17.8. The lowest BCUT2D eigenvalue weighted by Crippen LogP contribution is -2.51. The third-order valence-electron chi connectivity index (χ3n) is 6.43. The fourth-order valence-corrected chi connectivity index (χ4v) is 5.10. The van der Waals surface area contributed by atoms with Gasteiger partial charge < -0.3 is 23.7 Å². The summed E-state index contributed by atoms with van der Waals surface area (Å²) in [5.41, 5.74) is 1.93. The second-order valence-corrected chi connectivity index (χ2v) is 18.0. The first-order valence-corrected chi connectivity index (χ1v) is 17.1. The summed E-state index contributed by atoms with van der Waals surface area (Å²) in [7, 11) is 0.556. The number of carbonyl (C=O) groups is 1. The molecule has 0 aromatic carbocycles. The van der Waals surface area contributed by atoms with Crippen LogP contribution in [0, 0.1) is 0 Å². The monoisotopic (exact) mass is 559 g/mol. The predicted molar refractivity (Wildman–Crippen MR) is 151 cm³/mol. The minimum atomic E-state index is -1.21.